The second-order valence-electron chi connectivity index (χ2n) is 8.60. The first-order valence-electron chi connectivity index (χ1n) is 9.79. The van der Waals surface area contributed by atoms with E-state index in [0.717, 1.165) is 51.1 Å². The van der Waals surface area contributed by atoms with Gasteiger partial charge < -0.3 is 14.5 Å². The number of ether oxygens (including phenoxy) is 1. The van der Waals surface area contributed by atoms with Gasteiger partial charge in [0, 0.05) is 36.4 Å². The zero-order chi connectivity index (χ0) is 17.2. The summed E-state index contributed by atoms with van der Waals surface area (Å²) in [6.07, 6.45) is 5.63. The number of rotatable bonds is 2. The highest BCUT2D eigenvalue weighted by Crippen LogP contribution is 2.53. The molecule has 25 heavy (non-hydrogen) atoms. The third kappa shape index (κ3) is 2.26. The Balaban J connectivity index is 1.55. The number of hydrogen-bond acceptors (Lipinski definition) is 3. The van der Waals surface area contributed by atoms with Gasteiger partial charge in [0.15, 0.2) is 0 Å². The summed E-state index contributed by atoms with van der Waals surface area (Å²) in [6.45, 7) is 3.04. The summed E-state index contributed by atoms with van der Waals surface area (Å²) in [6, 6.07) is 7.24. The molecule has 2 aliphatic heterocycles. The number of carbonyl (C=O) groups excluding carboxylic acids is 1. The molecule has 1 amide bonds. The van der Waals surface area contributed by atoms with Gasteiger partial charge in [-0.25, -0.2) is 0 Å². The van der Waals surface area contributed by atoms with Gasteiger partial charge in [0.2, 0.25) is 5.91 Å². The molecule has 2 bridgehead atoms. The minimum atomic E-state index is 0.236. The lowest BCUT2D eigenvalue weighted by Crippen LogP contribution is -2.65. The molecule has 5 rings (SSSR count). The third-order valence-electron chi connectivity index (χ3n) is 7.42. The highest BCUT2D eigenvalue weighted by Gasteiger charge is 2.55. The highest BCUT2D eigenvalue weighted by atomic mass is 16.5. The van der Waals surface area contributed by atoms with Gasteiger partial charge in [-0.2, -0.15) is 0 Å². The number of methoxy groups -OCH3 is 1. The van der Waals surface area contributed by atoms with Crippen molar-refractivity contribution in [3.8, 4) is 5.75 Å². The first kappa shape index (κ1) is 15.7. The van der Waals surface area contributed by atoms with E-state index in [1.54, 1.807) is 7.11 Å². The average Bonchev–Trinajstić information content (AvgIpc) is 3.48. The molecule has 4 nitrogen and oxygen atoms in total. The summed E-state index contributed by atoms with van der Waals surface area (Å²) in [4.78, 5) is 17.4. The molecule has 0 aromatic heterocycles. The van der Waals surface area contributed by atoms with E-state index in [4.69, 9.17) is 4.74 Å². The Kier molecular flexibility index (Phi) is 3.43. The monoisotopic (exact) mass is 340 g/mol. The number of benzene rings is 1. The molecule has 4 aliphatic rings. The summed E-state index contributed by atoms with van der Waals surface area (Å²) >= 11 is 0. The van der Waals surface area contributed by atoms with Crippen LogP contribution in [0, 0.1) is 11.8 Å². The molecular weight excluding hydrogens is 312 g/mol. The normalized spacial score (nSPS) is 34.2. The first-order chi connectivity index (χ1) is 12.1. The number of likely N-dealkylation sites (N-methyl/N-ethyl adjacent to an activating group) is 1. The molecule has 3 atom stereocenters. The Morgan fingerprint density at radius 3 is 2.80 bits per heavy atom. The van der Waals surface area contributed by atoms with E-state index in [1.807, 2.05) is 0 Å². The van der Waals surface area contributed by atoms with Crippen molar-refractivity contribution in [3.05, 3.63) is 29.3 Å². The van der Waals surface area contributed by atoms with Crippen LogP contribution in [-0.2, 0) is 16.6 Å². The van der Waals surface area contributed by atoms with Crippen LogP contribution in [0.1, 0.15) is 36.8 Å². The number of piperidine rings is 2. The maximum Gasteiger partial charge on any atom is 0.225 e. The van der Waals surface area contributed by atoms with E-state index in [9.17, 15) is 4.79 Å². The molecule has 0 unspecified atom stereocenters. The van der Waals surface area contributed by atoms with Crippen molar-refractivity contribution in [2.75, 3.05) is 33.8 Å². The number of fused-ring (bicyclic) bond motifs is 1. The summed E-state index contributed by atoms with van der Waals surface area (Å²) in [5, 5.41) is 0. The van der Waals surface area contributed by atoms with Crippen molar-refractivity contribution in [1.82, 2.24) is 9.80 Å². The van der Waals surface area contributed by atoms with Crippen LogP contribution in [0.5, 0.6) is 5.75 Å². The van der Waals surface area contributed by atoms with E-state index in [-0.39, 0.29) is 5.41 Å². The van der Waals surface area contributed by atoms with Gasteiger partial charge in [-0.1, -0.05) is 6.07 Å². The van der Waals surface area contributed by atoms with Crippen molar-refractivity contribution in [2.45, 2.75) is 43.6 Å². The van der Waals surface area contributed by atoms with Crippen LogP contribution in [0.15, 0.2) is 18.2 Å². The van der Waals surface area contributed by atoms with Crippen LogP contribution in [0.4, 0.5) is 0 Å². The van der Waals surface area contributed by atoms with Crippen molar-refractivity contribution >= 4 is 5.91 Å². The lowest BCUT2D eigenvalue weighted by Gasteiger charge is -2.60. The van der Waals surface area contributed by atoms with E-state index >= 15 is 0 Å². The van der Waals surface area contributed by atoms with Gasteiger partial charge in [0.25, 0.3) is 0 Å². The van der Waals surface area contributed by atoms with Crippen molar-refractivity contribution in [2.24, 2.45) is 11.8 Å². The molecule has 1 aromatic rings. The van der Waals surface area contributed by atoms with Crippen molar-refractivity contribution < 1.29 is 9.53 Å². The highest BCUT2D eigenvalue weighted by molar-refractivity contribution is 5.81. The Labute approximate surface area is 150 Å². The predicted octanol–water partition coefficient (Wildman–Crippen LogP) is 2.45. The number of hydrogen-bond donors (Lipinski definition) is 0. The Morgan fingerprint density at radius 1 is 1.24 bits per heavy atom. The van der Waals surface area contributed by atoms with Gasteiger partial charge in [0.1, 0.15) is 5.75 Å². The van der Waals surface area contributed by atoms with E-state index in [0.29, 0.717) is 23.8 Å². The first-order valence-corrected chi connectivity index (χ1v) is 9.79. The van der Waals surface area contributed by atoms with Crippen LogP contribution in [-0.4, -0.2) is 55.5 Å². The smallest absolute Gasteiger partial charge is 0.225 e. The van der Waals surface area contributed by atoms with Crippen molar-refractivity contribution in [1.29, 1.82) is 0 Å². The third-order valence-corrected chi connectivity index (χ3v) is 7.42. The van der Waals surface area contributed by atoms with Gasteiger partial charge in [-0.3, -0.25) is 4.79 Å². The number of likely N-dealkylation sites (tertiary alicyclic amines) is 2. The molecule has 2 heterocycles. The molecule has 0 spiro atoms. The van der Waals surface area contributed by atoms with Crippen LogP contribution in [0.2, 0.25) is 0 Å². The van der Waals surface area contributed by atoms with E-state index < -0.39 is 0 Å². The lowest BCUT2D eigenvalue weighted by atomic mass is 9.54. The van der Waals surface area contributed by atoms with Gasteiger partial charge in [0.05, 0.1) is 7.11 Å². The number of amides is 1. The fourth-order valence-electron chi connectivity index (χ4n) is 5.78. The summed E-state index contributed by atoms with van der Waals surface area (Å²) in [7, 11) is 4.03. The molecule has 3 fully saturated rings. The fraction of sp³-hybridized carbons (Fsp3) is 0.667. The minimum absolute atomic E-state index is 0.236. The molecule has 0 radical (unpaired) electrons. The number of carbonyl (C=O) groups is 1. The van der Waals surface area contributed by atoms with Crippen LogP contribution < -0.4 is 4.74 Å². The summed E-state index contributed by atoms with van der Waals surface area (Å²) in [5.74, 6) is 2.29. The van der Waals surface area contributed by atoms with Crippen molar-refractivity contribution in [3.63, 3.8) is 0 Å². The van der Waals surface area contributed by atoms with E-state index in [2.05, 4.69) is 35.0 Å². The molecule has 2 saturated heterocycles. The molecule has 1 aromatic carbocycles. The molecule has 134 valence electrons. The molecular formula is C21H28N2O2. The Hall–Kier alpha value is -1.55. The Bertz CT molecular complexity index is 714. The largest absolute Gasteiger partial charge is 0.497 e. The second-order valence-corrected chi connectivity index (χ2v) is 8.60. The molecule has 2 aliphatic carbocycles. The maximum absolute atomic E-state index is 12.7. The quantitative estimate of drug-likeness (QED) is 0.829. The van der Waals surface area contributed by atoms with Crippen LogP contribution in [0.3, 0.4) is 0 Å². The van der Waals surface area contributed by atoms with Gasteiger partial charge in [-0.15, -0.1) is 0 Å². The molecule has 1 saturated carbocycles. The molecule has 0 N–H and O–H groups in total. The average molecular weight is 340 g/mol. The fourth-order valence-corrected chi connectivity index (χ4v) is 5.78. The van der Waals surface area contributed by atoms with Crippen LogP contribution >= 0.6 is 0 Å². The zero-order valence-corrected chi connectivity index (χ0v) is 15.3. The second kappa shape index (κ2) is 5.47. The summed E-state index contributed by atoms with van der Waals surface area (Å²) in [5.41, 5.74) is 3.25. The Morgan fingerprint density at radius 2 is 2.04 bits per heavy atom. The van der Waals surface area contributed by atoms with E-state index in [1.165, 1.54) is 17.5 Å². The summed E-state index contributed by atoms with van der Waals surface area (Å²) < 4.78 is 5.54. The maximum atomic E-state index is 12.7. The molecule has 4 heteroatoms. The zero-order valence-electron chi connectivity index (χ0n) is 15.3. The minimum Gasteiger partial charge on any atom is -0.497 e. The topological polar surface area (TPSA) is 32.8 Å². The number of nitrogens with zero attached hydrogens (tertiary/aromatic N) is 2. The van der Waals surface area contributed by atoms with Gasteiger partial charge in [-0.05, 0) is 69.0 Å². The lowest BCUT2D eigenvalue weighted by molar-refractivity contribution is -0.138. The van der Waals surface area contributed by atoms with Gasteiger partial charge >= 0.3 is 0 Å². The SMILES string of the molecule is COc1ccc2c(c1)[C@@]13CCN(C(=O)C4CC4)C[C@H]1[C@@H](C2)N(C)CC3. The van der Waals surface area contributed by atoms with Crippen LogP contribution in [0.25, 0.3) is 0 Å². The standard InChI is InChI=1S/C21H28N2O2/c1-22-9-7-21-8-10-23(20(24)14-3-4-14)13-18(21)19(22)11-15-5-6-16(25-2)12-17(15)21/h5-6,12,14,18-19H,3-4,7-11,13H2,1-2H3/t18-,19+,21+/m0/s1. The predicted molar refractivity (Wildman–Crippen MR) is 96.8 cm³/mol.